The first kappa shape index (κ1) is 7.06. The molecule has 0 fully saturated rings. The standard InChI is InChI=1S/C6H6N.CH3.Sn/c1-6-4-2-3-5-7-6;;/h2-5H,1H2;1H3;. The van der Waals surface area contributed by atoms with Gasteiger partial charge < -0.3 is 0 Å². The molecular weight excluding hydrogens is 217 g/mol. The Balaban J connectivity index is 2.61. The molecule has 1 heterocycles. The van der Waals surface area contributed by atoms with Crippen LogP contribution in [0.1, 0.15) is 5.69 Å². The van der Waals surface area contributed by atoms with Crippen molar-refractivity contribution in [3.8, 4) is 0 Å². The normalized spacial score (nSPS) is 9.44. The van der Waals surface area contributed by atoms with Gasteiger partial charge in [0.15, 0.2) is 0 Å². The molecule has 0 aliphatic rings. The maximum atomic E-state index is 4.21. The van der Waals surface area contributed by atoms with Gasteiger partial charge >= 0.3 is 65.6 Å². The molecule has 0 aromatic carbocycles. The van der Waals surface area contributed by atoms with Gasteiger partial charge in [-0.1, -0.05) is 0 Å². The number of hydrogen-bond donors (Lipinski definition) is 0. The second-order valence-electron chi connectivity index (χ2n) is 1.85. The first-order chi connectivity index (χ1) is 4.43. The summed E-state index contributed by atoms with van der Waals surface area (Å²) in [5.74, 6) is 0. The quantitative estimate of drug-likeness (QED) is 0.693. The number of pyridine rings is 1. The van der Waals surface area contributed by atoms with E-state index in [4.69, 9.17) is 0 Å². The van der Waals surface area contributed by atoms with Crippen LogP contribution in [0.15, 0.2) is 24.4 Å². The molecule has 0 bridgehead atoms. The second-order valence-corrected chi connectivity index (χ2v) is 4.88. The average Bonchev–Trinajstić information content (AvgIpc) is 1.91. The SMILES string of the molecule is [CH3][Sn][CH2]c1ccccn1. The van der Waals surface area contributed by atoms with Gasteiger partial charge in [0.2, 0.25) is 0 Å². The molecule has 0 unspecified atom stereocenters. The molecule has 2 heteroatoms. The predicted octanol–water partition coefficient (Wildman–Crippen LogP) is 1.33. The Labute approximate surface area is 65.7 Å². The third kappa shape index (κ3) is 2.35. The molecule has 0 atom stereocenters. The van der Waals surface area contributed by atoms with Gasteiger partial charge in [-0.15, -0.1) is 0 Å². The molecule has 0 spiro atoms. The monoisotopic (exact) mass is 227 g/mol. The zero-order valence-corrected chi connectivity index (χ0v) is 8.32. The van der Waals surface area contributed by atoms with E-state index in [0.717, 1.165) is 0 Å². The number of nitrogens with zero attached hydrogens (tertiary/aromatic N) is 1. The molecule has 0 aliphatic carbocycles. The van der Waals surface area contributed by atoms with Crippen LogP contribution in [-0.4, -0.2) is 26.1 Å². The van der Waals surface area contributed by atoms with Gasteiger partial charge in [0.1, 0.15) is 0 Å². The Bertz CT molecular complexity index is 162. The molecule has 1 aromatic heterocycles. The van der Waals surface area contributed by atoms with Gasteiger partial charge in [0.05, 0.1) is 0 Å². The van der Waals surface area contributed by atoms with Crippen molar-refractivity contribution in [3.63, 3.8) is 0 Å². The molecular formula is C7H9NSn. The molecule has 0 aliphatic heterocycles. The van der Waals surface area contributed by atoms with Crippen LogP contribution in [0.3, 0.4) is 0 Å². The van der Waals surface area contributed by atoms with Crippen molar-refractivity contribution in [2.45, 2.75) is 9.38 Å². The van der Waals surface area contributed by atoms with Crippen LogP contribution in [0.4, 0.5) is 0 Å². The molecule has 0 N–H and O–H groups in total. The summed E-state index contributed by atoms with van der Waals surface area (Å²) in [5, 5.41) is 0. The maximum absolute atomic E-state index is 4.21. The van der Waals surface area contributed by atoms with Crippen molar-refractivity contribution < 1.29 is 0 Å². The van der Waals surface area contributed by atoms with Crippen molar-refractivity contribution in [2.75, 3.05) is 0 Å². The van der Waals surface area contributed by atoms with Crippen LogP contribution in [0, 0.1) is 0 Å². The van der Waals surface area contributed by atoms with Crippen LogP contribution in [0.2, 0.25) is 4.94 Å². The Morgan fingerprint density at radius 3 is 3.00 bits per heavy atom. The van der Waals surface area contributed by atoms with Crippen LogP contribution in [0.5, 0.6) is 0 Å². The predicted molar refractivity (Wildman–Crippen MR) is 39.6 cm³/mol. The first-order valence-corrected chi connectivity index (χ1v) is 7.85. The van der Waals surface area contributed by atoms with Gasteiger partial charge in [0, 0.05) is 0 Å². The number of rotatable bonds is 2. The summed E-state index contributed by atoms with van der Waals surface area (Å²) in [6, 6.07) is 6.12. The van der Waals surface area contributed by atoms with Gasteiger partial charge in [-0.2, -0.15) is 0 Å². The average molecular weight is 226 g/mol. The van der Waals surface area contributed by atoms with Gasteiger partial charge in [-0.25, -0.2) is 0 Å². The Kier molecular flexibility index (Phi) is 3.04. The zero-order valence-electron chi connectivity index (χ0n) is 5.46. The van der Waals surface area contributed by atoms with Crippen molar-refractivity contribution in [1.29, 1.82) is 0 Å². The van der Waals surface area contributed by atoms with E-state index < -0.39 is 0 Å². The molecule has 46 valence electrons. The van der Waals surface area contributed by atoms with Crippen LogP contribution < -0.4 is 0 Å². The fourth-order valence-corrected chi connectivity index (χ4v) is 2.31. The summed E-state index contributed by atoms with van der Waals surface area (Å²) in [4.78, 5) is 6.54. The minimum atomic E-state index is -0.0763. The molecule has 1 nitrogen and oxygen atoms in total. The third-order valence-corrected chi connectivity index (χ3v) is 3.13. The van der Waals surface area contributed by atoms with E-state index in [0.29, 0.717) is 0 Å². The van der Waals surface area contributed by atoms with Crippen LogP contribution in [0.25, 0.3) is 0 Å². The fraction of sp³-hybridized carbons (Fsp3) is 0.286. The van der Waals surface area contributed by atoms with Crippen molar-refractivity contribution >= 4 is 21.1 Å². The molecule has 0 saturated carbocycles. The summed E-state index contributed by atoms with van der Waals surface area (Å²) in [6.45, 7) is 0. The summed E-state index contributed by atoms with van der Waals surface area (Å²) in [6.07, 6.45) is 1.87. The van der Waals surface area contributed by atoms with Crippen molar-refractivity contribution in [2.24, 2.45) is 0 Å². The summed E-state index contributed by atoms with van der Waals surface area (Å²) < 4.78 is 1.27. The van der Waals surface area contributed by atoms with E-state index in [9.17, 15) is 0 Å². The molecule has 2 radical (unpaired) electrons. The summed E-state index contributed by atoms with van der Waals surface area (Å²) in [7, 11) is 0. The van der Waals surface area contributed by atoms with E-state index in [1.54, 1.807) is 0 Å². The Morgan fingerprint density at radius 1 is 1.56 bits per heavy atom. The summed E-state index contributed by atoms with van der Waals surface area (Å²) >= 11 is -0.0763. The zero-order chi connectivity index (χ0) is 6.53. The van der Waals surface area contributed by atoms with Gasteiger partial charge in [-0.05, 0) is 0 Å². The van der Waals surface area contributed by atoms with Crippen molar-refractivity contribution in [1.82, 2.24) is 4.98 Å². The van der Waals surface area contributed by atoms with E-state index >= 15 is 0 Å². The van der Waals surface area contributed by atoms with Gasteiger partial charge in [0.25, 0.3) is 0 Å². The van der Waals surface area contributed by atoms with Crippen LogP contribution >= 0.6 is 0 Å². The van der Waals surface area contributed by atoms with Crippen LogP contribution in [-0.2, 0) is 4.44 Å². The first-order valence-electron chi connectivity index (χ1n) is 2.98. The van der Waals surface area contributed by atoms with E-state index in [1.165, 1.54) is 10.1 Å². The Morgan fingerprint density at radius 2 is 2.44 bits per heavy atom. The van der Waals surface area contributed by atoms with Crippen molar-refractivity contribution in [3.05, 3.63) is 30.1 Å². The van der Waals surface area contributed by atoms with Gasteiger partial charge in [-0.3, -0.25) is 0 Å². The Hall–Kier alpha value is -0.0513. The van der Waals surface area contributed by atoms with E-state index in [2.05, 4.69) is 22.1 Å². The summed E-state index contributed by atoms with van der Waals surface area (Å²) in [5.41, 5.74) is 1.27. The molecule has 0 saturated heterocycles. The molecule has 0 amide bonds. The molecule has 9 heavy (non-hydrogen) atoms. The third-order valence-electron chi connectivity index (χ3n) is 1.08. The number of hydrogen-bond acceptors (Lipinski definition) is 1. The molecule has 1 aromatic rings. The number of aromatic nitrogens is 1. The second kappa shape index (κ2) is 3.88. The minimum absolute atomic E-state index is 0.0763. The topological polar surface area (TPSA) is 12.9 Å². The molecule has 1 rings (SSSR count). The fourth-order valence-electron chi connectivity index (χ4n) is 0.684. The van der Waals surface area contributed by atoms with E-state index in [1.807, 2.05) is 12.3 Å². The van der Waals surface area contributed by atoms with E-state index in [-0.39, 0.29) is 21.1 Å².